The molecule has 2 aliphatic rings. The third-order valence-electron chi connectivity index (χ3n) is 7.03. The lowest BCUT2D eigenvalue weighted by molar-refractivity contribution is -0.330. The number of hydrogen-bond donors (Lipinski definition) is 0. The highest BCUT2D eigenvalue weighted by atomic mass is 16.7. The number of benzene rings is 3. The fraction of sp³-hybridized carbons (Fsp3) is 0.438. The minimum atomic E-state index is -0.571. The van der Waals surface area contributed by atoms with Crippen molar-refractivity contribution in [3.05, 3.63) is 107 Å². The van der Waals surface area contributed by atoms with Crippen molar-refractivity contribution in [1.29, 1.82) is 0 Å². The number of rotatable bonds is 11. The van der Waals surface area contributed by atoms with Crippen LogP contribution in [0.25, 0.3) is 0 Å². The number of ether oxygens (including phenoxy) is 6. The highest BCUT2D eigenvalue weighted by Gasteiger charge is 2.49. The molecule has 0 unspecified atom stereocenters. The highest BCUT2D eigenvalue weighted by molar-refractivity contribution is 5.26. The van der Waals surface area contributed by atoms with Gasteiger partial charge in [-0.15, -0.1) is 0 Å². The molecule has 3 aromatic carbocycles. The summed E-state index contributed by atoms with van der Waals surface area (Å²) in [7, 11) is 0. The van der Waals surface area contributed by atoms with Crippen molar-refractivity contribution < 1.29 is 28.4 Å². The van der Waals surface area contributed by atoms with Crippen molar-refractivity contribution in [3.8, 4) is 0 Å². The summed E-state index contributed by atoms with van der Waals surface area (Å²) < 4.78 is 38.5. The summed E-state index contributed by atoms with van der Waals surface area (Å²) in [4.78, 5) is 0. The van der Waals surface area contributed by atoms with Gasteiger partial charge < -0.3 is 28.4 Å². The van der Waals surface area contributed by atoms with Gasteiger partial charge in [-0.25, -0.2) is 0 Å². The van der Waals surface area contributed by atoms with Gasteiger partial charge in [-0.3, -0.25) is 0 Å². The van der Waals surface area contributed by atoms with Crippen molar-refractivity contribution in [3.63, 3.8) is 0 Å². The molecule has 38 heavy (non-hydrogen) atoms. The molecule has 2 aliphatic heterocycles. The Kier molecular flexibility index (Phi) is 9.94. The fourth-order valence-corrected chi connectivity index (χ4v) is 4.90. The maximum absolute atomic E-state index is 6.58. The van der Waals surface area contributed by atoms with Gasteiger partial charge >= 0.3 is 0 Å². The van der Waals surface area contributed by atoms with Crippen LogP contribution in [-0.4, -0.2) is 43.9 Å². The predicted molar refractivity (Wildman–Crippen MR) is 144 cm³/mol. The van der Waals surface area contributed by atoms with Crippen molar-refractivity contribution >= 4 is 0 Å². The van der Waals surface area contributed by atoms with Crippen LogP contribution in [0.15, 0.2) is 84.9 Å². The van der Waals surface area contributed by atoms with E-state index in [9.17, 15) is 0 Å². The van der Waals surface area contributed by atoms with Gasteiger partial charge in [0.1, 0.15) is 24.4 Å². The molecule has 0 radical (unpaired) electrons. The normalized spacial score (nSPS) is 25.1. The Morgan fingerprint density at radius 1 is 0.711 bits per heavy atom. The molecule has 1 saturated heterocycles. The number of hydrogen-bond acceptors (Lipinski definition) is 6. The fourth-order valence-electron chi connectivity index (χ4n) is 4.90. The molecule has 202 valence electrons. The average Bonchev–Trinajstić information content (AvgIpc) is 2.95. The molecular weight excluding hydrogens is 480 g/mol. The summed E-state index contributed by atoms with van der Waals surface area (Å²) in [6, 6.07) is 28.5. The lowest BCUT2D eigenvalue weighted by Gasteiger charge is -2.46. The summed E-state index contributed by atoms with van der Waals surface area (Å²) in [6.45, 7) is 4.97. The summed E-state index contributed by atoms with van der Waals surface area (Å²) in [5, 5.41) is 0. The van der Waals surface area contributed by atoms with Crippen LogP contribution in [0.1, 0.15) is 42.0 Å². The van der Waals surface area contributed by atoms with Crippen LogP contribution in [0, 0.1) is 0 Å². The Bertz CT molecular complexity index is 1090. The van der Waals surface area contributed by atoms with Gasteiger partial charge in [0.05, 0.1) is 33.0 Å². The van der Waals surface area contributed by atoms with E-state index in [4.69, 9.17) is 28.4 Å². The first-order chi connectivity index (χ1) is 18.8. The van der Waals surface area contributed by atoms with E-state index in [-0.39, 0.29) is 12.2 Å². The third kappa shape index (κ3) is 7.08. The first-order valence-corrected chi connectivity index (χ1v) is 13.7. The lowest BCUT2D eigenvalue weighted by Crippen LogP contribution is -2.62. The Balaban J connectivity index is 1.37. The molecule has 2 heterocycles. The molecule has 6 nitrogen and oxygen atoms in total. The molecule has 0 N–H and O–H groups in total. The van der Waals surface area contributed by atoms with Crippen molar-refractivity contribution in [2.75, 3.05) is 13.2 Å². The summed E-state index contributed by atoms with van der Waals surface area (Å²) in [5.74, 6) is 0. The minimum Gasteiger partial charge on any atom is -0.374 e. The van der Waals surface area contributed by atoms with Gasteiger partial charge in [-0.1, -0.05) is 98.3 Å². The van der Waals surface area contributed by atoms with Gasteiger partial charge in [0.25, 0.3) is 0 Å². The Hall–Kier alpha value is -2.58. The Morgan fingerprint density at radius 3 is 1.97 bits per heavy atom. The smallest absolute Gasteiger partial charge is 0.186 e. The zero-order chi connectivity index (χ0) is 26.0. The first-order valence-electron chi connectivity index (χ1n) is 13.7. The van der Waals surface area contributed by atoms with Crippen LogP contribution in [0.2, 0.25) is 0 Å². The summed E-state index contributed by atoms with van der Waals surface area (Å²) >= 11 is 0. The molecule has 0 bridgehead atoms. The molecule has 0 spiro atoms. The zero-order valence-electron chi connectivity index (χ0n) is 22.1. The Labute approximate surface area is 225 Å². The van der Waals surface area contributed by atoms with E-state index in [1.165, 1.54) is 0 Å². The standard InChI is InChI=1S/C32H38O6/c1-2-3-18-34-32-31-30(36-21-26-16-10-11-17-27(26)22-37-31)29(35-20-25-14-8-5-9-15-25)28(38-32)23-33-19-24-12-6-4-7-13-24/h4-17,28-32H,2-3,18-23H2,1H3/t28-,29-,30+,31-,32-/m1/s1. The van der Waals surface area contributed by atoms with Gasteiger partial charge in [0.15, 0.2) is 6.29 Å². The van der Waals surface area contributed by atoms with Gasteiger partial charge in [0.2, 0.25) is 0 Å². The molecule has 3 aromatic rings. The second-order valence-corrected chi connectivity index (χ2v) is 9.85. The predicted octanol–water partition coefficient (Wildman–Crippen LogP) is 5.81. The molecule has 0 saturated carbocycles. The molecule has 5 atom stereocenters. The third-order valence-corrected chi connectivity index (χ3v) is 7.03. The van der Waals surface area contributed by atoms with E-state index in [0.717, 1.165) is 35.1 Å². The van der Waals surface area contributed by atoms with Crippen LogP contribution in [0.3, 0.4) is 0 Å². The van der Waals surface area contributed by atoms with Gasteiger partial charge in [-0.2, -0.15) is 0 Å². The largest absolute Gasteiger partial charge is 0.374 e. The average molecular weight is 519 g/mol. The topological polar surface area (TPSA) is 55.4 Å². The Morgan fingerprint density at radius 2 is 1.32 bits per heavy atom. The van der Waals surface area contributed by atoms with E-state index in [0.29, 0.717) is 39.6 Å². The minimum absolute atomic E-state index is 0.352. The van der Waals surface area contributed by atoms with Gasteiger partial charge in [-0.05, 0) is 28.7 Å². The SMILES string of the molecule is CCCCO[C@@H]1O[C@H](COCc2ccccc2)[C@@H](OCc2ccccc2)[C@@H]2OCc3ccccc3CO[C@@H]12. The maximum Gasteiger partial charge on any atom is 0.186 e. The van der Waals surface area contributed by atoms with Crippen LogP contribution in [-0.2, 0) is 54.8 Å². The second-order valence-electron chi connectivity index (χ2n) is 9.85. The molecule has 0 aromatic heterocycles. The van der Waals surface area contributed by atoms with Crippen molar-refractivity contribution in [2.24, 2.45) is 0 Å². The summed E-state index contributed by atoms with van der Waals surface area (Å²) in [6.07, 6.45) is -0.161. The molecular formula is C32H38O6. The maximum atomic E-state index is 6.58. The van der Waals surface area contributed by atoms with Crippen molar-refractivity contribution in [2.45, 2.75) is 76.9 Å². The molecule has 0 aliphatic carbocycles. The molecule has 0 amide bonds. The van der Waals surface area contributed by atoms with Crippen LogP contribution < -0.4 is 0 Å². The zero-order valence-corrected chi connectivity index (χ0v) is 22.1. The monoisotopic (exact) mass is 518 g/mol. The molecule has 1 fully saturated rings. The van der Waals surface area contributed by atoms with E-state index < -0.39 is 18.5 Å². The first kappa shape index (κ1) is 27.0. The van der Waals surface area contributed by atoms with E-state index in [1.807, 2.05) is 48.5 Å². The second kappa shape index (κ2) is 14.0. The molecule has 6 heteroatoms. The summed E-state index contributed by atoms with van der Waals surface area (Å²) in [5.41, 5.74) is 4.44. The van der Waals surface area contributed by atoms with Crippen LogP contribution in [0.5, 0.6) is 0 Å². The van der Waals surface area contributed by atoms with E-state index in [2.05, 4.69) is 43.3 Å². The quantitative estimate of drug-likeness (QED) is 0.299. The highest BCUT2D eigenvalue weighted by Crippen LogP contribution is 2.33. The van der Waals surface area contributed by atoms with Crippen molar-refractivity contribution in [1.82, 2.24) is 0 Å². The molecule has 5 rings (SSSR count). The lowest BCUT2D eigenvalue weighted by atomic mass is 9.97. The van der Waals surface area contributed by atoms with Crippen LogP contribution >= 0.6 is 0 Å². The van der Waals surface area contributed by atoms with Crippen LogP contribution in [0.4, 0.5) is 0 Å². The number of unbranched alkanes of at least 4 members (excludes halogenated alkanes) is 1. The number of fused-ring (bicyclic) bond motifs is 2. The van der Waals surface area contributed by atoms with Gasteiger partial charge in [0, 0.05) is 6.61 Å². The van der Waals surface area contributed by atoms with E-state index in [1.54, 1.807) is 0 Å². The van der Waals surface area contributed by atoms with E-state index >= 15 is 0 Å².